The number of carbonyl (C=O) groups excluding carboxylic acids is 2. The molecule has 1 aliphatic carbocycles. The summed E-state index contributed by atoms with van der Waals surface area (Å²) in [6, 6.07) is 0. The molecule has 0 bridgehead atoms. The topological polar surface area (TPSA) is 49.4 Å². The highest BCUT2D eigenvalue weighted by molar-refractivity contribution is 5.91. The molecule has 104 valence electrons. The van der Waals surface area contributed by atoms with Crippen molar-refractivity contribution in [3.63, 3.8) is 0 Å². The number of carbonyl (C=O) groups is 2. The summed E-state index contributed by atoms with van der Waals surface area (Å²) in [6.45, 7) is 7.55. The molecule has 3 rings (SSSR count). The van der Waals surface area contributed by atoms with Crippen LogP contribution >= 0.6 is 0 Å². The Bertz CT molecular complexity index is 398. The van der Waals surface area contributed by atoms with Crippen LogP contribution in [-0.4, -0.2) is 42.8 Å². The van der Waals surface area contributed by atoms with E-state index in [4.69, 9.17) is 0 Å². The number of nitrogens with zero attached hydrogens (tertiary/aromatic N) is 1. The van der Waals surface area contributed by atoms with Gasteiger partial charge < -0.3 is 10.2 Å². The van der Waals surface area contributed by atoms with E-state index in [1.54, 1.807) is 0 Å². The summed E-state index contributed by atoms with van der Waals surface area (Å²) < 4.78 is 0. The quantitative estimate of drug-likeness (QED) is 0.771. The zero-order valence-electron chi connectivity index (χ0n) is 11.4. The molecule has 1 N–H and O–H groups in total. The standard InChI is InChI=1S/C15H22N2O2/c1-2-13(18)11-3-5-12(6-4-11)14(19)17-9-15(10-17)7-16-8-15/h2,11-12,16H,1,3-10H2. The molecule has 0 atom stereocenters. The molecule has 1 saturated carbocycles. The fraction of sp³-hybridized carbons (Fsp3) is 0.733. The maximum atomic E-state index is 12.4. The number of amides is 1. The maximum absolute atomic E-state index is 12.4. The normalized spacial score (nSPS) is 32.3. The van der Waals surface area contributed by atoms with Crippen molar-refractivity contribution in [1.29, 1.82) is 0 Å². The summed E-state index contributed by atoms with van der Waals surface area (Å²) >= 11 is 0. The van der Waals surface area contributed by atoms with Gasteiger partial charge in [-0.1, -0.05) is 6.58 Å². The summed E-state index contributed by atoms with van der Waals surface area (Å²) in [7, 11) is 0. The van der Waals surface area contributed by atoms with Crippen molar-refractivity contribution >= 4 is 11.7 Å². The minimum Gasteiger partial charge on any atom is -0.341 e. The van der Waals surface area contributed by atoms with Gasteiger partial charge in [-0.15, -0.1) is 0 Å². The zero-order chi connectivity index (χ0) is 13.5. The Morgan fingerprint density at radius 1 is 1.11 bits per heavy atom. The minimum atomic E-state index is 0.111. The van der Waals surface area contributed by atoms with Crippen LogP contribution in [0, 0.1) is 17.3 Å². The number of likely N-dealkylation sites (tertiary alicyclic amines) is 1. The Hall–Kier alpha value is -1.16. The Morgan fingerprint density at radius 3 is 2.16 bits per heavy atom. The molecule has 2 saturated heterocycles. The molecular weight excluding hydrogens is 240 g/mol. The van der Waals surface area contributed by atoms with E-state index in [1.807, 2.05) is 4.90 Å². The van der Waals surface area contributed by atoms with E-state index in [0.29, 0.717) is 11.3 Å². The van der Waals surface area contributed by atoms with Crippen LogP contribution in [0.5, 0.6) is 0 Å². The Labute approximate surface area is 114 Å². The lowest BCUT2D eigenvalue weighted by atomic mass is 9.73. The summed E-state index contributed by atoms with van der Waals surface area (Å²) in [5, 5.41) is 3.28. The van der Waals surface area contributed by atoms with E-state index < -0.39 is 0 Å². The van der Waals surface area contributed by atoms with Crippen molar-refractivity contribution < 1.29 is 9.59 Å². The highest BCUT2D eigenvalue weighted by atomic mass is 16.2. The predicted molar refractivity (Wildman–Crippen MR) is 72.5 cm³/mol. The van der Waals surface area contributed by atoms with Gasteiger partial charge in [0.1, 0.15) is 0 Å². The Kier molecular flexibility index (Phi) is 3.21. The average Bonchev–Trinajstić information content (AvgIpc) is 2.34. The van der Waals surface area contributed by atoms with Gasteiger partial charge in [0.05, 0.1) is 0 Å². The predicted octanol–water partition coefficient (Wildman–Crippen LogP) is 0.980. The smallest absolute Gasteiger partial charge is 0.225 e. The molecule has 0 aromatic carbocycles. The lowest BCUT2D eigenvalue weighted by Crippen LogP contribution is -2.72. The highest BCUT2D eigenvalue weighted by Crippen LogP contribution is 2.37. The van der Waals surface area contributed by atoms with Crippen LogP contribution in [-0.2, 0) is 9.59 Å². The van der Waals surface area contributed by atoms with Crippen molar-refractivity contribution in [3.8, 4) is 0 Å². The Morgan fingerprint density at radius 2 is 1.68 bits per heavy atom. The number of nitrogens with one attached hydrogen (secondary N) is 1. The second-order valence-corrected chi connectivity index (χ2v) is 6.45. The van der Waals surface area contributed by atoms with E-state index in [-0.39, 0.29) is 17.6 Å². The first-order valence-electron chi connectivity index (χ1n) is 7.29. The molecule has 0 aromatic rings. The van der Waals surface area contributed by atoms with Gasteiger partial charge in [0.15, 0.2) is 5.78 Å². The first kappa shape index (κ1) is 12.9. The third-order valence-electron chi connectivity index (χ3n) is 5.04. The summed E-state index contributed by atoms with van der Waals surface area (Å²) in [5.41, 5.74) is 0.408. The maximum Gasteiger partial charge on any atom is 0.225 e. The van der Waals surface area contributed by atoms with Gasteiger partial charge in [-0.25, -0.2) is 0 Å². The van der Waals surface area contributed by atoms with Crippen LogP contribution < -0.4 is 5.32 Å². The van der Waals surface area contributed by atoms with Crippen molar-refractivity contribution in [2.75, 3.05) is 26.2 Å². The lowest BCUT2D eigenvalue weighted by molar-refractivity contribution is -0.153. The molecule has 19 heavy (non-hydrogen) atoms. The van der Waals surface area contributed by atoms with Crippen molar-refractivity contribution in [2.45, 2.75) is 25.7 Å². The first-order valence-corrected chi connectivity index (χ1v) is 7.29. The number of hydrogen-bond donors (Lipinski definition) is 1. The summed E-state index contributed by atoms with van der Waals surface area (Å²) in [5.74, 6) is 0.732. The van der Waals surface area contributed by atoms with Crippen LogP contribution in [0.25, 0.3) is 0 Å². The number of allylic oxidation sites excluding steroid dienone is 1. The van der Waals surface area contributed by atoms with Gasteiger partial charge in [0, 0.05) is 43.4 Å². The van der Waals surface area contributed by atoms with E-state index in [1.165, 1.54) is 6.08 Å². The SMILES string of the molecule is C=CC(=O)C1CCC(C(=O)N2CC3(CNC3)C2)CC1. The minimum absolute atomic E-state index is 0.111. The van der Waals surface area contributed by atoms with Crippen LogP contribution in [0.3, 0.4) is 0 Å². The van der Waals surface area contributed by atoms with Crippen LogP contribution in [0.2, 0.25) is 0 Å². The molecule has 0 aromatic heterocycles. The fourth-order valence-corrected chi connectivity index (χ4v) is 3.67. The number of hydrogen-bond acceptors (Lipinski definition) is 3. The zero-order valence-corrected chi connectivity index (χ0v) is 11.4. The fourth-order valence-electron chi connectivity index (χ4n) is 3.67. The average molecular weight is 262 g/mol. The van der Waals surface area contributed by atoms with Gasteiger partial charge >= 0.3 is 0 Å². The monoisotopic (exact) mass is 262 g/mol. The van der Waals surface area contributed by atoms with E-state index >= 15 is 0 Å². The van der Waals surface area contributed by atoms with E-state index in [2.05, 4.69) is 11.9 Å². The Balaban J connectivity index is 1.47. The molecule has 3 fully saturated rings. The van der Waals surface area contributed by atoms with Gasteiger partial charge in [0.2, 0.25) is 5.91 Å². The van der Waals surface area contributed by atoms with Crippen molar-refractivity contribution in [3.05, 3.63) is 12.7 Å². The van der Waals surface area contributed by atoms with Gasteiger partial charge in [-0.05, 0) is 31.8 Å². The van der Waals surface area contributed by atoms with E-state index in [0.717, 1.165) is 51.9 Å². The third-order valence-corrected chi connectivity index (χ3v) is 5.04. The largest absolute Gasteiger partial charge is 0.341 e. The molecule has 1 spiro atoms. The van der Waals surface area contributed by atoms with Gasteiger partial charge in [0.25, 0.3) is 0 Å². The molecule has 4 heteroatoms. The first-order chi connectivity index (χ1) is 9.13. The number of ketones is 1. The highest BCUT2D eigenvalue weighted by Gasteiger charge is 2.50. The molecule has 4 nitrogen and oxygen atoms in total. The number of rotatable bonds is 3. The van der Waals surface area contributed by atoms with Crippen LogP contribution in [0.1, 0.15) is 25.7 Å². The lowest BCUT2D eigenvalue weighted by Gasteiger charge is -2.56. The molecule has 2 heterocycles. The van der Waals surface area contributed by atoms with Crippen molar-refractivity contribution in [2.24, 2.45) is 17.3 Å². The molecule has 2 aliphatic heterocycles. The molecule has 3 aliphatic rings. The van der Waals surface area contributed by atoms with Crippen molar-refractivity contribution in [1.82, 2.24) is 10.2 Å². The van der Waals surface area contributed by atoms with Gasteiger partial charge in [-0.2, -0.15) is 0 Å². The molecule has 1 amide bonds. The molecule has 0 unspecified atom stereocenters. The second-order valence-electron chi connectivity index (χ2n) is 6.45. The van der Waals surface area contributed by atoms with Gasteiger partial charge in [-0.3, -0.25) is 9.59 Å². The second kappa shape index (κ2) is 4.75. The third kappa shape index (κ3) is 2.22. The summed E-state index contributed by atoms with van der Waals surface area (Å²) in [6.07, 6.45) is 4.86. The molecule has 0 radical (unpaired) electrons. The van der Waals surface area contributed by atoms with Crippen LogP contribution in [0.15, 0.2) is 12.7 Å². The van der Waals surface area contributed by atoms with Crippen LogP contribution in [0.4, 0.5) is 0 Å². The summed E-state index contributed by atoms with van der Waals surface area (Å²) in [4.78, 5) is 25.9. The molecular formula is C15H22N2O2. The van der Waals surface area contributed by atoms with E-state index in [9.17, 15) is 9.59 Å².